The summed E-state index contributed by atoms with van der Waals surface area (Å²) in [4.78, 5) is 42.8. The Morgan fingerprint density at radius 3 is 0.897 bits per heavy atom. The van der Waals surface area contributed by atoms with Gasteiger partial charge in [0.25, 0.3) is 34.4 Å². The molecule has 0 aliphatic carbocycles. The maximum absolute atomic E-state index is 11.5. The summed E-state index contributed by atoms with van der Waals surface area (Å²) in [6.45, 7) is 7.28. The Bertz CT molecular complexity index is 5640. The van der Waals surface area contributed by atoms with Crippen molar-refractivity contribution >= 4 is 119 Å². The van der Waals surface area contributed by atoms with Crippen molar-refractivity contribution in [3.63, 3.8) is 0 Å². The van der Waals surface area contributed by atoms with Crippen LogP contribution in [0.3, 0.4) is 0 Å². The predicted molar refractivity (Wildman–Crippen MR) is 439 cm³/mol. The molecule has 9 heterocycles. The van der Waals surface area contributed by atoms with Gasteiger partial charge >= 0.3 is 0 Å². The monoisotopic (exact) mass is 1590 g/mol. The summed E-state index contributed by atoms with van der Waals surface area (Å²) >= 11 is 0. The number of nitrogens with zero attached hydrogens (tertiary/aromatic N) is 23. The minimum Gasteiger partial charge on any atom is -0.594 e. The Morgan fingerprint density at radius 1 is 0.342 bits per heavy atom. The number of ether oxygens (including phenoxy) is 6. The highest BCUT2D eigenvalue weighted by Crippen LogP contribution is 2.25. The molecule has 9 aromatic heterocycles. The minimum atomic E-state index is -0.0709. The van der Waals surface area contributed by atoms with Crippen molar-refractivity contribution in [2.45, 2.75) is 0 Å². The molecule has 42 nitrogen and oxygen atoms in total. The van der Waals surface area contributed by atoms with Gasteiger partial charge in [-0.1, -0.05) is 0 Å². The summed E-state index contributed by atoms with van der Waals surface area (Å²) in [5, 5.41) is 84.5. The third-order valence-electron chi connectivity index (χ3n) is 15.4. The molecule has 0 saturated heterocycles. The molecule has 15 rings (SSSR count). The van der Waals surface area contributed by atoms with Gasteiger partial charge in [0.15, 0.2) is 0 Å². The lowest BCUT2D eigenvalue weighted by Gasteiger charge is -2.11. The van der Waals surface area contributed by atoms with Gasteiger partial charge in [-0.15, -0.1) is 30.6 Å². The number of hydrogen-bond donors (Lipinski definition) is 10. The second kappa shape index (κ2) is 43.8. The van der Waals surface area contributed by atoms with Crippen LogP contribution in [-0.2, 0) is 0 Å². The van der Waals surface area contributed by atoms with Crippen molar-refractivity contribution in [1.29, 1.82) is 0 Å². The molecule has 42 heteroatoms. The molecule has 0 fully saturated rings. The van der Waals surface area contributed by atoms with E-state index in [9.17, 15) is 15.6 Å². The van der Waals surface area contributed by atoms with E-state index in [4.69, 9.17) is 57.1 Å². The van der Waals surface area contributed by atoms with Gasteiger partial charge in [-0.3, -0.25) is 15.0 Å². The zero-order valence-corrected chi connectivity index (χ0v) is 64.7. The largest absolute Gasteiger partial charge is 0.594 e. The highest BCUT2D eigenvalue weighted by molar-refractivity contribution is 5.80. The van der Waals surface area contributed by atoms with E-state index in [1.165, 1.54) is 0 Å². The van der Waals surface area contributed by atoms with Gasteiger partial charge in [0.05, 0.1) is 67.5 Å². The molecule has 15 aromatic rings. The third-order valence-corrected chi connectivity index (χ3v) is 15.4. The first-order valence-electron chi connectivity index (χ1n) is 36.1. The Morgan fingerprint density at radius 2 is 0.624 bits per heavy atom. The van der Waals surface area contributed by atoms with Crippen molar-refractivity contribution in [2.75, 3.05) is 154 Å². The molecule has 117 heavy (non-hydrogen) atoms. The van der Waals surface area contributed by atoms with Crippen LogP contribution in [0, 0.1) is 15.6 Å². The number of nitrogen functional groups attached to an aromatic ring is 3. The van der Waals surface area contributed by atoms with Gasteiger partial charge < -0.3 is 109 Å². The number of anilines is 9. The molecular formula is C75H87N33O9. The van der Waals surface area contributed by atoms with Crippen LogP contribution >= 0.6 is 0 Å². The van der Waals surface area contributed by atoms with Gasteiger partial charge in [-0.2, -0.15) is 0 Å². The van der Waals surface area contributed by atoms with Crippen molar-refractivity contribution in [1.82, 2.24) is 111 Å². The van der Waals surface area contributed by atoms with Crippen molar-refractivity contribution in [3.8, 4) is 34.5 Å². The number of benzene rings is 6. The Labute approximate surface area is 669 Å². The lowest BCUT2D eigenvalue weighted by atomic mass is 10.3. The van der Waals surface area contributed by atoms with Gasteiger partial charge in [0, 0.05) is 112 Å². The van der Waals surface area contributed by atoms with E-state index < -0.39 is 0 Å². The third kappa shape index (κ3) is 26.9. The molecule has 0 amide bonds. The quantitative estimate of drug-likeness (QED) is 0.0189. The molecule has 0 atom stereocenters. The lowest BCUT2D eigenvalue weighted by molar-refractivity contribution is -0.641. The fraction of sp³-hybridized carbons (Fsp3) is 0.240. The number of aromatic nitrogens is 21. The maximum atomic E-state index is 11.5. The molecule has 6 aromatic carbocycles. The summed E-state index contributed by atoms with van der Waals surface area (Å²) in [6.07, 6.45) is 10.2. The van der Waals surface area contributed by atoms with Gasteiger partial charge in [0.1, 0.15) is 107 Å². The zero-order valence-electron chi connectivity index (χ0n) is 64.7. The number of nitrogens with one attached hydrogen (secondary N) is 5. The molecule has 15 N–H and O–H groups in total. The number of rotatable bonds is 28. The average Bonchev–Trinajstić information content (AvgIpc) is 0.828. The van der Waals surface area contributed by atoms with Crippen LogP contribution in [0.25, 0.3) is 66.2 Å². The number of nitrogens with two attached hydrogens (primary N) is 5. The van der Waals surface area contributed by atoms with Crippen LogP contribution in [-0.4, -0.2) is 222 Å². The fourth-order valence-electron chi connectivity index (χ4n) is 9.87. The van der Waals surface area contributed by atoms with E-state index in [0.29, 0.717) is 152 Å². The smallest absolute Gasteiger partial charge is 0.288 e. The van der Waals surface area contributed by atoms with Crippen LogP contribution in [0.2, 0.25) is 0 Å². The molecule has 0 unspecified atom stereocenters. The fourth-order valence-corrected chi connectivity index (χ4v) is 9.87. The van der Waals surface area contributed by atoms with E-state index in [1.54, 1.807) is 91.8 Å². The molecule has 0 aliphatic rings. The van der Waals surface area contributed by atoms with Crippen molar-refractivity contribution in [2.24, 2.45) is 11.5 Å². The van der Waals surface area contributed by atoms with Gasteiger partial charge in [0.2, 0.25) is 17.8 Å². The summed E-state index contributed by atoms with van der Waals surface area (Å²) in [7, 11) is 11.7. The van der Waals surface area contributed by atoms with Crippen LogP contribution in [0.5, 0.6) is 34.5 Å². The molecule has 0 aliphatic heterocycles. The molecule has 0 saturated carbocycles. The summed E-state index contributed by atoms with van der Waals surface area (Å²) in [5.41, 5.74) is 36.1. The Kier molecular flexibility index (Phi) is 31.7. The molecule has 0 bridgehead atoms. The first-order chi connectivity index (χ1) is 56.9. The SMILES string of the molecule is CN(C)CCOc1ccc2c(c1)nc(N)n[n+]2[O-].CN(C)CCOc1ccc2nnc(Nc3cccnc3)nc2c1.CNCCOc1ccc2c(c1)nc(N)n[n+]2[O-].CNCCOc1ccc2nnc(Nc3cccnc3)nc2c1.NCCOc1ccc2c(c1)nc(N)n[n+]2[O-].NCCOc1ccc2nnc(Nc3cccnc3)nc2c1. The standard InChI is InChI=1S/C16H18N6O.C15H16N6O.C14H14N6O.C11H15N5O2.C10H13N5O2.C9H11N5O2/c1-22(2)8-9-23-13-5-6-14-15(10-13)19-16(21-20-14)18-12-4-3-7-17-11-12;1-16-7-8-22-12-4-5-13-14(9-12)19-15(21-20-13)18-11-3-2-6-17-10-11;15-5-7-21-11-3-4-12-13(8-11)18-14(20-19-12)17-10-2-1-6-16-9-10;1-15(2)5-6-18-8-3-4-10-9(7-8)13-11(12)14-16(10)17;1-12-4-5-17-7-2-3-9-8(6-7)13-10(11)14-15(9)16;10-3-4-16-6-1-2-8-7(5-6)12-9(11)13-14(8)15/h3-7,10-11H,8-9H2,1-2H3,(H,18,19,21);2-6,9-10,16H,7-8H2,1H3,(H,18,19,21);1-4,6,8-9H,5,7,15H2,(H,17,18,20);3-4,7H,5-6H2,1-2H3,(H2,12,13,14);2-3,6,12H,4-5H2,1H3,(H2,11,13,14);1-2,5H,3-4,10H2,(H2,11,12,13). The molecule has 606 valence electrons. The van der Waals surface area contributed by atoms with Crippen molar-refractivity contribution in [3.05, 3.63) is 198 Å². The second-order valence-corrected chi connectivity index (χ2v) is 24.9. The molecule has 0 radical (unpaired) electrons. The Hall–Kier alpha value is -14.9. The average molecular weight is 1590 g/mol. The molecule has 0 spiro atoms. The van der Waals surface area contributed by atoms with Crippen LogP contribution in [0.4, 0.5) is 52.8 Å². The second-order valence-electron chi connectivity index (χ2n) is 24.9. The van der Waals surface area contributed by atoms with Crippen LogP contribution in [0.15, 0.2) is 183 Å². The number of likely N-dealkylation sites (N-methyl/N-ethyl adjacent to an activating group) is 4. The van der Waals surface area contributed by atoms with Crippen LogP contribution in [0.1, 0.15) is 0 Å². The number of hydrogen-bond acceptors (Lipinski definition) is 39. The molecular weight excluding hydrogens is 1510 g/mol. The van der Waals surface area contributed by atoms with Crippen molar-refractivity contribution < 1.29 is 43.0 Å². The summed E-state index contributed by atoms with van der Waals surface area (Å²) in [5.74, 6) is 5.21. The minimum absolute atomic E-state index is 0.0528. The number of pyridine rings is 3. The first kappa shape index (κ1) is 84.6. The first-order valence-corrected chi connectivity index (χ1v) is 36.1. The normalized spacial score (nSPS) is 10.7. The lowest BCUT2D eigenvalue weighted by Crippen LogP contribution is -2.33. The maximum Gasteiger partial charge on any atom is 0.288 e. The van der Waals surface area contributed by atoms with E-state index in [2.05, 4.69) is 122 Å². The topological polar surface area (TPSA) is 565 Å². The zero-order chi connectivity index (χ0) is 82.7. The summed E-state index contributed by atoms with van der Waals surface area (Å²) in [6, 6.07) is 42.6. The Balaban J connectivity index is 0.000000149. The highest BCUT2D eigenvalue weighted by Gasteiger charge is 2.15. The van der Waals surface area contributed by atoms with E-state index in [0.717, 1.165) is 76.8 Å². The predicted octanol–water partition coefficient (Wildman–Crippen LogP) is 3.78. The number of fused-ring (bicyclic) bond motifs is 6. The van der Waals surface area contributed by atoms with E-state index in [1.807, 2.05) is 138 Å². The van der Waals surface area contributed by atoms with E-state index in [-0.39, 0.29) is 17.8 Å². The van der Waals surface area contributed by atoms with Crippen LogP contribution < -0.4 is 98.2 Å². The van der Waals surface area contributed by atoms with E-state index >= 15 is 0 Å². The summed E-state index contributed by atoms with van der Waals surface area (Å²) < 4.78 is 33.1. The van der Waals surface area contributed by atoms with Gasteiger partial charge in [-0.05, 0) is 148 Å². The van der Waals surface area contributed by atoms with Gasteiger partial charge in [-0.25, -0.2) is 29.9 Å². The highest BCUT2D eigenvalue weighted by atomic mass is 16.5.